The van der Waals surface area contributed by atoms with Crippen LogP contribution in [-0.4, -0.2) is 5.87 Å². The van der Waals surface area contributed by atoms with Crippen LogP contribution in [0.25, 0.3) is 0 Å². The quantitative estimate of drug-likeness (QED) is 0.361. The Morgan fingerprint density at radius 1 is 1.80 bits per heavy atom. The maximum atomic E-state index is 5.02. The maximum Gasteiger partial charge on any atom is -0.0322 e. The van der Waals surface area contributed by atoms with Crippen LogP contribution in [0.4, 0.5) is 0 Å². The summed E-state index contributed by atoms with van der Waals surface area (Å²) in [7, 11) is 0. The van der Waals surface area contributed by atoms with Gasteiger partial charge in [-0.05, 0) is 18.2 Å². The largest absolute Gasteiger partial charge is 0.176 e. The minimum atomic E-state index is 0.849. The number of thiol groups is 1. The van der Waals surface area contributed by atoms with Crippen molar-refractivity contribution >= 4 is 17.2 Å². The molecular formula is C4H7S. The monoisotopic (exact) mass is 87.0 g/mol. The minimum Gasteiger partial charge on any atom is -0.176 e. The Hall–Kier alpha value is -0.0400. The Morgan fingerprint density at radius 3 is 2.40 bits per heavy atom. The topological polar surface area (TPSA) is 0 Å². The van der Waals surface area contributed by atoms with Crippen molar-refractivity contribution in [1.29, 1.82) is 0 Å². The molecule has 0 unspecified atom stereocenters. The molecule has 0 heterocycles. The van der Waals surface area contributed by atoms with Crippen molar-refractivity contribution < 1.29 is 0 Å². The number of allylic oxidation sites excluding steroid dienone is 1. The van der Waals surface area contributed by atoms with E-state index in [0.29, 0.717) is 0 Å². The van der Waals surface area contributed by atoms with Crippen molar-refractivity contribution in [3.8, 4) is 0 Å². The minimum absolute atomic E-state index is 0.849. The lowest BCUT2D eigenvalue weighted by Crippen LogP contribution is -1.26. The lowest BCUT2D eigenvalue weighted by molar-refractivity contribution is 1.79. The zero-order valence-electron chi connectivity index (χ0n) is 3.18. The molecule has 0 N–H and O–H groups in total. The average Bonchev–Trinajstić information content (AvgIpc) is 1.41. The van der Waals surface area contributed by atoms with E-state index in [2.05, 4.69) is 0 Å². The standard InChI is InChI=1S/C4H7S/c1-3-4-5-2/h2-5H,1H3. The molecule has 0 nitrogen and oxygen atoms in total. The van der Waals surface area contributed by atoms with Crippen molar-refractivity contribution in [2.75, 3.05) is 0 Å². The Morgan fingerprint density at radius 2 is 2.40 bits per heavy atom. The highest BCUT2D eigenvalue weighted by molar-refractivity contribution is 7.99. The van der Waals surface area contributed by atoms with E-state index in [9.17, 15) is 0 Å². The van der Waals surface area contributed by atoms with Gasteiger partial charge in [-0.15, -0.1) is 0 Å². The molecule has 0 bridgehead atoms. The van der Waals surface area contributed by atoms with Gasteiger partial charge in [0.25, 0.3) is 0 Å². The molecule has 0 aromatic rings. The highest BCUT2D eigenvalue weighted by atomic mass is 32.1. The van der Waals surface area contributed by atoms with Gasteiger partial charge in [0.1, 0.15) is 0 Å². The summed E-state index contributed by atoms with van der Waals surface area (Å²) in [6.45, 7) is 1.94. The maximum absolute atomic E-state index is 5.02. The van der Waals surface area contributed by atoms with Gasteiger partial charge in [0.2, 0.25) is 0 Å². The van der Waals surface area contributed by atoms with Gasteiger partial charge >= 0.3 is 0 Å². The van der Waals surface area contributed by atoms with Crippen LogP contribution >= 0.6 is 11.4 Å². The van der Waals surface area contributed by atoms with Gasteiger partial charge in [-0.1, -0.05) is 6.08 Å². The summed E-state index contributed by atoms with van der Waals surface area (Å²) in [6.07, 6.45) is 1.92. The van der Waals surface area contributed by atoms with Crippen molar-refractivity contribution in [1.82, 2.24) is 0 Å². The molecule has 0 fully saturated rings. The lowest BCUT2D eigenvalue weighted by Gasteiger charge is -1.57. The van der Waals surface area contributed by atoms with Gasteiger partial charge < -0.3 is 0 Å². The Labute approximate surface area is 36.5 Å². The van der Waals surface area contributed by atoms with Crippen molar-refractivity contribution in [2.45, 2.75) is 6.92 Å². The molecule has 0 amide bonds. The molecule has 0 spiro atoms. The Bertz CT molecular complexity index is 45.6. The fraction of sp³-hybridized carbons (Fsp3) is 0.250. The fourth-order valence-corrected chi connectivity index (χ4v) is 0.258. The molecule has 0 atom stereocenters. The molecule has 1 radical (unpaired) electrons. The molecule has 0 aromatic heterocycles. The summed E-state index contributed by atoms with van der Waals surface area (Å²) in [6, 6.07) is 0. The molecule has 0 aliphatic rings. The van der Waals surface area contributed by atoms with Crippen LogP contribution in [0, 0.1) is 0 Å². The first-order valence-electron chi connectivity index (χ1n) is 1.43. The molecule has 0 aliphatic heterocycles. The second-order valence-electron chi connectivity index (χ2n) is 0.631. The first kappa shape index (κ1) is 4.96. The summed E-state index contributed by atoms with van der Waals surface area (Å²) < 4.78 is 0. The first-order valence-corrected chi connectivity index (χ1v) is 2.46. The molecule has 0 aliphatic carbocycles. The predicted molar refractivity (Wildman–Crippen MR) is 29.9 cm³/mol. The SMILES string of the molecule is [CH]=[SH]C=CC. The van der Waals surface area contributed by atoms with E-state index in [1.54, 1.807) is 0 Å². The van der Waals surface area contributed by atoms with Gasteiger partial charge in [-0.3, -0.25) is 0 Å². The van der Waals surface area contributed by atoms with Crippen LogP contribution in [0.5, 0.6) is 0 Å². The number of rotatable bonds is 1. The van der Waals surface area contributed by atoms with Crippen LogP contribution in [-0.2, 0) is 0 Å². The Kier molecular flexibility index (Phi) is 3.93. The third kappa shape index (κ3) is 3.96. The highest BCUT2D eigenvalue weighted by Crippen LogP contribution is 1.78. The molecule has 0 rings (SSSR count). The fourth-order valence-electron chi connectivity index (χ4n) is 0.0861. The average molecular weight is 87.2 g/mol. The van der Waals surface area contributed by atoms with E-state index in [-0.39, 0.29) is 0 Å². The molecular weight excluding hydrogens is 80.1 g/mol. The smallest absolute Gasteiger partial charge is 0.0322 e. The summed E-state index contributed by atoms with van der Waals surface area (Å²) in [5.41, 5.74) is 0. The molecule has 0 saturated carbocycles. The van der Waals surface area contributed by atoms with Gasteiger partial charge in [-0.2, -0.15) is 11.4 Å². The van der Waals surface area contributed by atoms with E-state index in [0.717, 1.165) is 11.4 Å². The van der Waals surface area contributed by atoms with Gasteiger partial charge in [-0.25, -0.2) is 0 Å². The molecule has 29 valence electrons. The van der Waals surface area contributed by atoms with Gasteiger partial charge in [0.05, 0.1) is 0 Å². The van der Waals surface area contributed by atoms with E-state index in [4.69, 9.17) is 5.87 Å². The third-order valence-corrected chi connectivity index (χ3v) is 0.705. The Balaban J connectivity index is 2.92. The second-order valence-corrected chi connectivity index (χ2v) is 1.23. The second kappa shape index (κ2) is 3.96. The van der Waals surface area contributed by atoms with E-state index >= 15 is 0 Å². The van der Waals surface area contributed by atoms with Gasteiger partial charge in [0, 0.05) is 0 Å². The van der Waals surface area contributed by atoms with E-state index < -0.39 is 0 Å². The number of hydrogen-bond acceptors (Lipinski definition) is 0. The molecule has 1 heteroatoms. The first-order chi connectivity index (χ1) is 2.41. The normalized spacial score (nSPS) is 9.80. The van der Waals surface area contributed by atoms with Crippen LogP contribution in [0.2, 0.25) is 0 Å². The summed E-state index contributed by atoms with van der Waals surface area (Å²) in [4.78, 5) is 0. The summed E-state index contributed by atoms with van der Waals surface area (Å²) in [5.74, 6) is 5.02. The van der Waals surface area contributed by atoms with Crippen LogP contribution in [0.3, 0.4) is 0 Å². The molecule has 0 saturated heterocycles. The predicted octanol–water partition coefficient (Wildman–Crippen LogP) is 1.29. The molecule has 5 heavy (non-hydrogen) atoms. The summed E-state index contributed by atoms with van der Waals surface area (Å²) >= 11 is 0.849. The highest BCUT2D eigenvalue weighted by Gasteiger charge is 1.40. The van der Waals surface area contributed by atoms with Crippen LogP contribution < -0.4 is 0 Å². The third-order valence-electron chi connectivity index (χ3n) is 0.235. The number of hydrogen-bond donors (Lipinski definition) is 1. The summed E-state index contributed by atoms with van der Waals surface area (Å²) in [5, 5.41) is 1.88. The lowest BCUT2D eigenvalue weighted by atomic mass is 10.8. The van der Waals surface area contributed by atoms with Crippen LogP contribution in [0.15, 0.2) is 11.5 Å². The zero-order chi connectivity index (χ0) is 4.12. The van der Waals surface area contributed by atoms with E-state index in [1.807, 2.05) is 18.4 Å². The van der Waals surface area contributed by atoms with Crippen molar-refractivity contribution in [2.24, 2.45) is 0 Å². The van der Waals surface area contributed by atoms with Crippen molar-refractivity contribution in [3.63, 3.8) is 0 Å². The van der Waals surface area contributed by atoms with Gasteiger partial charge in [0.15, 0.2) is 0 Å². The zero-order valence-corrected chi connectivity index (χ0v) is 4.07. The van der Waals surface area contributed by atoms with E-state index in [1.165, 1.54) is 0 Å². The van der Waals surface area contributed by atoms with Crippen molar-refractivity contribution in [3.05, 3.63) is 11.5 Å². The van der Waals surface area contributed by atoms with Crippen LogP contribution in [0.1, 0.15) is 6.92 Å². The molecule has 0 aromatic carbocycles.